The summed E-state index contributed by atoms with van der Waals surface area (Å²) in [6.45, 7) is 5.10. The first-order valence-electron chi connectivity index (χ1n) is 8.31. The van der Waals surface area contributed by atoms with Gasteiger partial charge in [0.25, 0.3) is 0 Å². The fraction of sp³-hybridized carbons (Fsp3) is 0.812. The second-order valence-electron chi connectivity index (χ2n) is 7.54. The molecule has 128 valence electrons. The van der Waals surface area contributed by atoms with E-state index in [1.165, 1.54) is 0 Å². The van der Waals surface area contributed by atoms with Crippen LogP contribution in [0.5, 0.6) is 0 Å². The lowest BCUT2D eigenvalue weighted by atomic mass is 9.95. The Kier molecular flexibility index (Phi) is 4.18. The molecule has 7 nitrogen and oxygen atoms in total. The quantitative estimate of drug-likeness (QED) is 0.491. The van der Waals surface area contributed by atoms with Gasteiger partial charge in [-0.2, -0.15) is 0 Å². The molecule has 0 spiro atoms. The van der Waals surface area contributed by atoms with E-state index in [0.717, 1.165) is 6.54 Å². The molecular formula is C16H25N3O4. The maximum atomic E-state index is 12.5. The van der Waals surface area contributed by atoms with Gasteiger partial charge in [0.05, 0.1) is 12.1 Å². The van der Waals surface area contributed by atoms with E-state index in [9.17, 15) is 14.4 Å². The number of amides is 2. The monoisotopic (exact) mass is 323 g/mol. The molecule has 0 radical (unpaired) electrons. The minimum absolute atomic E-state index is 0.0858. The van der Waals surface area contributed by atoms with E-state index in [2.05, 4.69) is 29.8 Å². The van der Waals surface area contributed by atoms with Gasteiger partial charge in [-0.25, -0.2) is 0 Å². The van der Waals surface area contributed by atoms with Gasteiger partial charge in [-0.1, -0.05) is 13.8 Å². The molecule has 2 saturated heterocycles. The second-order valence-corrected chi connectivity index (χ2v) is 7.54. The highest BCUT2D eigenvalue weighted by molar-refractivity contribution is 5.92. The van der Waals surface area contributed by atoms with E-state index in [1.54, 1.807) is 0 Å². The fourth-order valence-electron chi connectivity index (χ4n) is 4.27. The molecule has 23 heavy (non-hydrogen) atoms. The Bertz CT molecular complexity index is 533. The number of ketones is 1. The second kappa shape index (κ2) is 5.87. The molecule has 3 rings (SSSR count). The molecule has 0 aromatic rings. The highest BCUT2D eigenvalue weighted by atomic mass is 16.3. The van der Waals surface area contributed by atoms with Crippen LogP contribution in [0.15, 0.2) is 0 Å². The third-order valence-electron chi connectivity index (χ3n) is 5.88. The molecule has 2 aliphatic heterocycles. The smallest absolute Gasteiger partial charge is 0.238 e. The van der Waals surface area contributed by atoms with Crippen LogP contribution in [0.3, 0.4) is 0 Å². The van der Waals surface area contributed by atoms with Crippen LogP contribution in [0.4, 0.5) is 0 Å². The van der Waals surface area contributed by atoms with Crippen molar-refractivity contribution in [3.63, 3.8) is 0 Å². The van der Waals surface area contributed by atoms with Crippen LogP contribution >= 0.6 is 0 Å². The summed E-state index contributed by atoms with van der Waals surface area (Å²) in [5, 5.41) is 17.8. The van der Waals surface area contributed by atoms with E-state index in [4.69, 9.17) is 5.11 Å². The van der Waals surface area contributed by atoms with Crippen LogP contribution in [0, 0.1) is 23.2 Å². The molecule has 1 saturated carbocycles. The lowest BCUT2D eigenvalue weighted by molar-refractivity contribution is -0.131. The summed E-state index contributed by atoms with van der Waals surface area (Å²) in [7, 11) is 0. The van der Waals surface area contributed by atoms with Crippen LogP contribution in [-0.4, -0.2) is 54.5 Å². The summed E-state index contributed by atoms with van der Waals surface area (Å²) in [6.07, 6.45) is 0.907. The van der Waals surface area contributed by atoms with Gasteiger partial charge < -0.3 is 21.1 Å². The van der Waals surface area contributed by atoms with Crippen molar-refractivity contribution >= 4 is 17.6 Å². The van der Waals surface area contributed by atoms with Crippen molar-refractivity contribution in [1.29, 1.82) is 0 Å². The average Bonchev–Trinajstić information content (AvgIpc) is 2.94. The Morgan fingerprint density at radius 2 is 2.17 bits per heavy atom. The van der Waals surface area contributed by atoms with Crippen LogP contribution in [-0.2, 0) is 14.4 Å². The van der Waals surface area contributed by atoms with Crippen molar-refractivity contribution < 1.29 is 19.5 Å². The van der Waals surface area contributed by atoms with Gasteiger partial charge in [0.2, 0.25) is 11.8 Å². The number of carbonyl (C=O) groups excluding carboxylic acids is 3. The standard InChI is InChI=1S/C16H25N3O4/c1-16(2)9-6-18-13(12(9)16)15(23)19-10(11(21)7-20)5-8-3-4-17-14(8)22/h8-10,12-13,18,20H,3-7H2,1-2H3,(H,17,22)(H,19,23)/t8-,9?,10-,12?,13?/m0/s1. The average molecular weight is 323 g/mol. The third kappa shape index (κ3) is 2.87. The number of carbonyl (C=O) groups is 3. The molecule has 5 atom stereocenters. The highest BCUT2D eigenvalue weighted by Crippen LogP contribution is 2.62. The van der Waals surface area contributed by atoms with Gasteiger partial charge in [0.1, 0.15) is 6.61 Å². The number of piperidine rings is 1. The number of hydrogen-bond acceptors (Lipinski definition) is 5. The Balaban J connectivity index is 1.63. The largest absolute Gasteiger partial charge is 0.389 e. The van der Waals surface area contributed by atoms with Crippen LogP contribution < -0.4 is 16.0 Å². The van der Waals surface area contributed by atoms with Gasteiger partial charge in [-0.15, -0.1) is 0 Å². The molecule has 0 bridgehead atoms. The van der Waals surface area contributed by atoms with Crippen LogP contribution in [0.2, 0.25) is 0 Å². The number of rotatable bonds is 6. The van der Waals surface area contributed by atoms with E-state index < -0.39 is 18.4 Å². The minimum Gasteiger partial charge on any atom is -0.389 e. The summed E-state index contributed by atoms with van der Waals surface area (Å²) in [5.41, 5.74) is 0.162. The molecule has 3 fully saturated rings. The predicted molar refractivity (Wildman–Crippen MR) is 82.3 cm³/mol. The first kappa shape index (κ1) is 16.4. The first-order valence-corrected chi connectivity index (χ1v) is 8.31. The number of Topliss-reactive ketones (excluding diaryl/α,β-unsaturated/α-hetero) is 1. The molecule has 2 heterocycles. The van der Waals surface area contributed by atoms with E-state index >= 15 is 0 Å². The van der Waals surface area contributed by atoms with Crippen molar-refractivity contribution in [1.82, 2.24) is 16.0 Å². The van der Waals surface area contributed by atoms with Gasteiger partial charge in [-0.05, 0) is 36.6 Å². The molecule has 3 unspecified atom stereocenters. The van der Waals surface area contributed by atoms with Crippen molar-refractivity contribution in [2.75, 3.05) is 19.7 Å². The van der Waals surface area contributed by atoms with Crippen LogP contribution in [0.25, 0.3) is 0 Å². The van der Waals surface area contributed by atoms with Gasteiger partial charge >= 0.3 is 0 Å². The van der Waals surface area contributed by atoms with Crippen molar-refractivity contribution in [2.24, 2.45) is 23.2 Å². The summed E-state index contributed by atoms with van der Waals surface area (Å²) in [4.78, 5) is 36.2. The molecule has 4 N–H and O–H groups in total. The van der Waals surface area contributed by atoms with E-state index in [0.29, 0.717) is 24.8 Å². The Morgan fingerprint density at radius 3 is 2.70 bits per heavy atom. The number of fused-ring (bicyclic) bond motifs is 1. The van der Waals surface area contributed by atoms with E-state index in [1.807, 2.05) is 0 Å². The van der Waals surface area contributed by atoms with E-state index in [-0.39, 0.29) is 35.6 Å². The van der Waals surface area contributed by atoms with Gasteiger partial charge in [-0.3, -0.25) is 14.4 Å². The minimum atomic E-state index is -0.802. The van der Waals surface area contributed by atoms with Gasteiger partial charge in [0.15, 0.2) is 5.78 Å². The number of aliphatic hydroxyl groups is 1. The summed E-state index contributed by atoms with van der Waals surface area (Å²) >= 11 is 0. The SMILES string of the molecule is CC1(C)C2CNC(C(=O)N[C@@H](C[C@@H]3CCNC3=O)C(=O)CO)C21. The summed E-state index contributed by atoms with van der Waals surface area (Å²) in [6, 6.07) is -1.09. The molecule has 7 heteroatoms. The van der Waals surface area contributed by atoms with Crippen molar-refractivity contribution in [2.45, 2.75) is 38.8 Å². The first-order chi connectivity index (χ1) is 10.9. The molecular weight excluding hydrogens is 298 g/mol. The molecule has 0 aromatic carbocycles. The zero-order chi connectivity index (χ0) is 16.8. The summed E-state index contributed by atoms with van der Waals surface area (Å²) in [5.74, 6) is -0.209. The molecule has 3 aliphatic rings. The number of aliphatic hydroxyl groups excluding tert-OH is 1. The maximum Gasteiger partial charge on any atom is 0.238 e. The molecule has 2 amide bonds. The van der Waals surface area contributed by atoms with Crippen LogP contribution in [0.1, 0.15) is 26.7 Å². The molecule has 0 aromatic heterocycles. The zero-order valence-electron chi connectivity index (χ0n) is 13.6. The number of nitrogens with one attached hydrogen (secondary N) is 3. The fourth-order valence-corrected chi connectivity index (χ4v) is 4.27. The maximum absolute atomic E-state index is 12.5. The van der Waals surface area contributed by atoms with Crippen molar-refractivity contribution in [3.8, 4) is 0 Å². The molecule has 1 aliphatic carbocycles. The lowest BCUT2D eigenvalue weighted by Crippen LogP contribution is -2.51. The third-order valence-corrected chi connectivity index (χ3v) is 5.88. The zero-order valence-corrected chi connectivity index (χ0v) is 13.6. The Morgan fingerprint density at radius 1 is 1.43 bits per heavy atom. The topological polar surface area (TPSA) is 108 Å². The normalized spacial score (nSPS) is 35.3. The Hall–Kier alpha value is -1.47. The highest BCUT2D eigenvalue weighted by Gasteiger charge is 2.65. The van der Waals surface area contributed by atoms with Crippen molar-refractivity contribution in [3.05, 3.63) is 0 Å². The Labute approximate surface area is 135 Å². The van der Waals surface area contributed by atoms with Gasteiger partial charge in [0, 0.05) is 12.5 Å². The predicted octanol–water partition coefficient (Wildman–Crippen LogP) is -1.20. The summed E-state index contributed by atoms with van der Waals surface area (Å²) < 4.78 is 0. The number of hydrogen-bond donors (Lipinski definition) is 4. The lowest BCUT2D eigenvalue weighted by Gasteiger charge is -2.23.